The van der Waals surface area contributed by atoms with E-state index in [1.807, 2.05) is 32.0 Å². The Hall–Kier alpha value is -1.52. The van der Waals surface area contributed by atoms with Crippen molar-refractivity contribution < 1.29 is 4.39 Å². The van der Waals surface area contributed by atoms with Crippen LogP contribution < -0.4 is 5.73 Å². The lowest BCUT2D eigenvalue weighted by molar-refractivity contribution is 0.617. The predicted octanol–water partition coefficient (Wildman–Crippen LogP) is 4.98. The van der Waals surface area contributed by atoms with E-state index in [0.717, 1.165) is 16.8 Å². The summed E-state index contributed by atoms with van der Waals surface area (Å²) < 4.78 is 13.7. The first-order valence-corrected chi connectivity index (χ1v) is 7.81. The van der Waals surface area contributed by atoms with Crippen LogP contribution in [0.25, 0.3) is 0 Å². The van der Waals surface area contributed by atoms with Gasteiger partial charge in [0.15, 0.2) is 5.17 Å². The van der Waals surface area contributed by atoms with E-state index in [0.29, 0.717) is 21.5 Å². The fourth-order valence-corrected chi connectivity index (χ4v) is 2.99. The van der Waals surface area contributed by atoms with E-state index in [1.165, 1.54) is 17.8 Å². The van der Waals surface area contributed by atoms with Crippen molar-refractivity contribution >= 4 is 34.2 Å². The highest BCUT2D eigenvalue weighted by Gasteiger charge is 2.08. The van der Waals surface area contributed by atoms with Crippen molar-refractivity contribution in [2.45, 2.75) is 19.6 Å². The Labute approximate surface area is 133 Å². The highest BCUT2D eigenvalue weighted by atomic mass is 35.5. The molecule has 21 heavy (non-hydrogen) atoms. The van der Waals surface area contributed by atoms with E-state index in [-0.39, 0.29) is 5.82 Å². The third-order valence-electron chi connectivity index (χ3n) is 3.09. The van der Waals surface area contributed by atoms with Crippen LogP contribution in [0.15, 0.2) is 41.4 Å². The molecular weight excluding hydrogens is 307 g/mol. The minimum atomic E-state index is -0.324. The Morgan fingerprint density at radius 2 is 1.81 bits per heavy atom. The second-order valence-electron chi connectivity index (χ2n) is 4.68. The number of halogens is 2. The summed E-state index contributed by atoms with van der Waals surface area (Å²) in [5, 5.41) is 0.800. The molecule has 0 saturated carbocycles. The summed E-state index contributed by atoms with van der Waals surface area (Å²) in [5.74, 6) is 0.0288. The monoisotopic (exact) mass is 322 g/mol. The average Bonchev–Trinajstić information content (AvgIpc) is 2.42. The normalized spacial score (nSPS) is 11.7. The average molecular weight is 323 g/mol. The van der Waals surface area contributed by atoms with Gasteiger partial charge in [0.05, 0.1) is 5.69 Å². The molecule has 110 valence electrons. The summed E-state index contributed by atoms with van der Waals surface area (Å²) in [7, 11) is 0. The molecule has 0 aliphatic heterocycles. The molecule has 0 saturated heterocycles. The van der Waals surface area contributed by atoms with Crippen LogP contribution in [-0.2, 0) is 5.75 Å². The molecule has 0 atom stereocenters. The lowest BCUT2D eigenvalue weighted by Crippen LogP contribution is -2.07. The molecule has 0 aliphatic rings. The van der Waals surface area contributed by atoms with Gasteiger partial charge in [0.2, 0.25) is 0 Å². The molecule has 2 aromatic carbocycles. The van der Waals surface area contributed by atoms with Crippen molar-refractivity contribution in [3.8, 4) is 0 Å². The predicted molar refractivity (Wildman–Crippen MR) is 89.9 cm³/mol. The van der Waals surface area contributed by atoms with E-state index in [4.69, 9.17) is 17.3 Å². The van der Waals surface area contributed by atoms with Gasteiger partial charge in [-0.25, -0.2) is 9.38 Å². The molecule has 0 bridgehead atoms. The molecule has 0 aliphatic carbocycles. The highest BCUT2D eigenvalue weighted by molar-refractivity contribution is 8.13. The number of para-hydroxylation sites is 1. The van der Waals surface area contributed by atoms with Gasteiger partial charge in [-0.3, -0.25) is 0 Å². The maximum absolute atomic E-state index is 13.7. The number of rotatable bonds is 3. The summed E-state index contributed by atoms with van der Waals surface area (Å²) in [5.41, 5.74) is 9.37. The topological polar surface area (TPSA) is 38.4 Å². The third kappa shape index (κ3) is 3.99. The molecule has 0 radical (unpaired) electrons. The number of thioether (sulfide) groups is 1. The van der Waals surface area contributed by atoms with E-state index in [9.17, 15) is 4.39 Å². The molecule has 0 unspecified atom stereocenters. The molecule has 0 heterocycles. The molecule has 2 nitrogen and oxygen atoms in total. The van der Waals surface area contributed by atoms with Gasteiger partial charge in [0.25, 0.3) is 0 Å². The van der Waals surface area contributed by atoms with Crippen molar-refractivity contribution in [3.63, 3.8) is 0 Å². The Balaban J connectivity index is 2.15. The van der Waals surface area contributed by atoms with Crippen molar-refractivity contribution in [2.75, 3.05) is 0 Å². The summed E-state index contributed by atoms with van der Waals surface area (Å²) in [6.07, 6.45) is 0. The molecule has 2 N–H and O–H groups in total. The zero-order valence-corrected chi connectivity index (χ0v) is 13.4. The van der Waals surface area contributed by atoms with Gasteiger partial charge in [0, 0.05) is 16.3 Å². The zero-order valence-electron chi connectivity index (χ0n) is 11.9. The fourth-order valence-electron chi connectivity index (χ4n) is 1.94. The second-order valence-corrected chi connectivity index (χ2v) is 6.08. The lowest BCUT2D eigenvalue weighted by atomic mass is 10.1. The van der Waals surface area contributed by atoms with Crippen molar-refractivity contribution in [2.24, 2.45) is 10.7 Å². The SMILES string of the molecule is Cc1cccc(C)c1N=C(N)SCc1c(F)cccc1Cl. The van der Waals surface area contributed by atoms with Crippen LogP contribution in [0.1, 0.15) is 16.7 Å². The first kappa shape index (κ1) is 15.9. The van der Waals surface area contributed by atoms with Crippen LogP contribution in [0.3, 0.4) is 0 Å². The maximum Gasteiger partial charge on any atom is 0.159 e. The minimum Gasteiger partial charge on any atom is -0.378 e. The second kappa shape index (κ2) is 6.96. The van der Waals surface area contributed by atoms with Crippen molar-refractivity contribution in [1.82, 2.24) is 0 Å². The lowest BCUT2D eigenvalue weighted by Gasteiger charge is -2.07. The highest BCUT2D eigenvalue weighted by Crippen LogP contribution is 2.27. The number of nitrogens with two attached hydrogens (primary N) is 1. The third-order valence-corrected chi connectivity index (χ3v) is 4.26. The van der Waals surface area contributed by atoms with Crippen LogP contribution in [0.5, 0.6) is 0 Å². The molecule has 0 spiro atoms. The van der Waals surface area contributed by atoms with Crippen LogP contribution in [0, 0.1) is 19.7 Å². The van der Waals surface area contributed by atoms with Gasteiger partial charge in [0.1, 0.15) is 5.82 Å². The molecule has 0 fully saturated rings. The summed E-state index contributed by atoms with van der Waals surface area (Å²) >= 11 is 7.26. The summed E-state index contributed by atoms with van der Waals surface area (Å²) in [4.78, 5) is 4.42. The zero-order chi connectivity index (χ0) is 15.4. The van der Waals surface area contributed by atoms with Crippen molar-refractivity contribution in [1.29, 1.82) is 0 Å². The number of benzene rings is 2. The van der Waals surface area contributed by atoms with Crippen LogP contribution in [0.4, 0.5) is 10.1 Å². The first-order chi connectivity index (χ1) is 9.99. The number of hydrogen-bond donors (Lipinski definition) is 1. The maximum atomic E-state index is 13.7. The largest absolute Gasteiger partial charge is 0.378 e. The van der Waals surface area contributed by atoms with E-state index in [1.54, 1.807) is 12.1 Å². The Bertz CT molecular complexity index is 645. The molecule has 0 aromatic heterocycles. The smallest absolute Gasteiger partial charge is 0.159 e. The first-order valence-electron chi connectivity index (χ1n) is 6.45. The van der Waals surface area contributed by atoms with Gasteiger partial charge >= 0.3 is 0 Å². The van der Waals surface area contributed by atoms with Crippen LogP contribution >= 0.6 is 23.4 Å². The Kier molecular flexibility index (Phi) is 5.26. The number of hydrogen-bond acceptors (Lipinski definition) is 2. The van der Waals surface area contributed by atoms with E-state index >= 15 is 0 Å². The number of aliphatic imine (C=N–C) groups is 1. The van der Waals surface area contributed by atoms with Crippen LogP contribution in [-0.4, -0.2) is 5.17 Å². The quantitative estimate of drug-likeness (QED) is 0.639. The Morgan fingerprint density at radius 1 is 1.19 bits per heavy atom. The fraction of sp³-hybridized carbons (Fsp3) is 0.188. The number of nitrogens with zero attached hydrogens (tertiary/aromatic N) is 1. The molecular formula is C16H16ClFN2S. The standard InChI is InChI=1S/C16H16ClFN2S/c1-10-5-3-6-11(2)15(10)20-16(19)21-9-12-13(17)7-4-8-14(12)18/h3-8H,9H2,1-2H3,(H2,19,20). The summed E-state index contributed by atoms with van der Waals surface area (Å²) in [6, 6.07) is 10.6. The van der Waals surface area contributed by atoms with Gasteiger partial charge in [-0.15, -0.1) is 0 Å². The molecule has 0 amide bonds. The van der Waals surface area contributed by atoms with Gasteiger partial charge < -0.3 is 5.73 Å². The van der Waals surface area contributed by atoms with Crippen LogP contribution in [0.2, 0.25) is 5.02 Å². The number of aryl methyl sites for hydroxylation is 2. The molecule has 5 heteroatoms. The minimum absolute atomic E-state index is 0.324. The molecule has 2 aromatic rings. The van der Waals surface area contributed by atoms with Gasteiger partial charge in [-0.2, -0.15) is 0 Å². The Morgan fingerprint density at radius 3 is 2.43 bits per heavy atom. The van der Waals surface area contributed by atoms with Gasteiger partial charge in [-0.05, 0) is 37.1 Å². The van der Waals surface area contributed by atoms with E-state index in [2.05, 4.69) is 4.99 Å². The van der Waals surface area contributed by atoms with E-state index < -0.39 is 0 Å². The summed E-state index contributed by atoms with van der Waals surface area (Å²) in [6.45, 7) is 3.97. The van der Waals surface area contributed by atoms with Crippen molar-refractivity contribution in [3.05, 3.63) is 63.9 Å². The van der Waals surface area contributed by atoms with Gasteiger partial charge in [-0.1, -0.05) is 47.6 Å². The molecule has 2 rings (SSSR count). The number of amidine groups is 1.